The summed E-state index contributed by atoms with van der Waals surface area (Å²) in [5, 5.41) is 0. The van der Waals surface area contributed by atoms with Crippen molar-refractivity contribution >= 4 is 5.97 Å². The fraction of sp³-hybridized carbons (Fsp3) is 0.615. The monoisotopic (exact) mass is 249 g/mol. The lowest BCUT2D eigenvalue weighted by atomic mass is 9.86. The van der Waals surface area contributed by atoms with E-state index in [9.17, 15) is 4.79 Å². The Labute approximate surface area is 107 Å². The molecule has 0 spiro atoms. The van der Waals surface area contributed by atoms with Crippen LogP contribution in [0.4, 0.5) is 0 Å². The van der Waals surface area contributed by atoms with E-state index in [4.69, 9.17) is 10.5 Å². The van der Waals surface area contributed by atoms with Gasteiger partial charge in [-0.1, -0.05) is 19.3 Å². The topological polar surface area (TPSA) is 78.1 Å². The number of esters is 1. The van der Waals surface area contributed by atoms with E-state index < -0.39 is 5.97 Å². The Bertz CT molecular complexity index is 428. The van der Waals surface area contributed by atoms with Crippen LogP contribution < -0.4 is 5.73 Å². The summed E-state index contributed by atoms with van der Waals surface area (Å²) < 4.78 is 4.77. The summed E-state index contributed by atoms with van der Waals surface area (Å²) in [6.07, 6.45) is 7.30. The van der Waals surface area contributed by atoms with Crippen molar-refractivity contribution in [3.8, 4) is 0 Å². The number of rotatable bonds is 3. The molecule has 0 saturated heterocycles. The fourth-order valence-corrected chi connectivity index (χ4v) is 2.45. The summed E-state index contributed by atoms with van der Waals surface area (Å²) in [5.41, 5.74) is 7.43. The number of aromatic nitrogens is 2. The van der Waals surface area contributed by atoms with Gasteiger partial charge in [0.2, 0.25) is 0 Å². The molecule has 98 valence electrons. The Balaban J connectivity index is 2.36. The summed E-state index contributed by atoms with van der Waals surface area (Å²) >= 11 is 0. The summed E-state index contributed by atoms with van der Waals surface area (Å²) in [5.74, 6) is -0.0986. The van der Waals surface area contributed by atoms with Crippen LogP contribution >= 0.6 is 0 Å². The highest BCUT2D eigenvalue weighted by atomic mass is 16.5. The SMILES string of the molecule is COC(=O)c1ncc(CN)nc1C1CCCCC1. The minimum atomic E-state index is -0.411. The van der Waals surface area contributed by atoms with Crippen LogP contribution in [-0.2, 0) is 11.3 Å². The van der Waals surface area contributed by atoms with Crippen molar-refractivity contribution in [2.24, 2.45) is 5.73 Å². The van der Waals surface area contributed by atoms with Crippen LogP contribution in [0.25, 0.3) is 0 Å². The van der Waals surface area contributed by atoms with Gasteiger partial charge in [0.1, 0.15) is 0 Å². The van der Waals surface area contributed by atoms with Gasteiger partial charge in [-0.05, 0) is 12.8 Å². The molecule has 5 nitrogen and oxygen atoms in total. The van der Waals surface area contributed by atoms with Crippen LogP contribution in [0.15, 0.2) is 6.20 Å². The maximum absolute atomic E-state index is 11.7. The molecule has 1 aliphatic carbocycles. The van der Waals surface area contributed by atoms with E-state index in [1.165, 1.54) is 26.4 Å². The molecule has 1 saturated carbocycles. The van der Waals surface area contributed by atoms with E-state index in [1.54, 1.807) is 6.20 Å². The lowest BCUT2D eigenvalue weighted by Crippen LogP contribution is -2.17. The number of carbonyl (C=O) groups excluding carboxylic acids is 1. The zero-order valence-electron chi connectivity index (χ0n) is 10.7. The van der Waals surface area contributed by atoms with E-state index >= 15 is 0 Å². The number of hydrogen-bond acceptors (Lipinski definition) is 5. The molecule has 0 atom stereocenters. The van der Waals surface area contributed by atoms with E-state index in [1.807, 2.05) is 0 Å². The van der Waals surface area contributed by atoms with Gasteiger partial charge in [-0.25, -0.2) is 9.78 Å². The van der Waals surface area contributed by atoms with Gasteiger partial charge >= 0.3 is 5.97 Å². The van der Waals surface area contributed by atoms with Crippen LogP contribution in [0.5, 0.6) is 0 Å². The van der Waals surface area contributed by atoms with E-state index in [0.717, 1.165) is 24.2 Å². The molecule has 1 aromatic heterocycles. The minimum Gasteiger partial charge on any atom is -0.464 e. The lowest BCUT2D eigenvalue weighted by Gasteiger charge is -2.22. The minimum absolute atomic E-state index is 0.312. The summed E-state index contributed by atoms with van der Waals surface area (Å²) in [6, 6.07) is 0. The highest BCUT2D eigenvalue weighted by molar-refractivity contribution is 5.88. The van der Waals surface area contributed by atoms with Gasteiger partial charge < -0.3 is 10.5 Å². The molecule has 0 unspecified atom stereocenters. The second-order valence-electron chi connectivity index (χ2n) is 4.63. The third kappa shape index (κ3) is 2.67. The molecule has 0 aliphatic heterocycles. The van der Waals surface area contributed by atoms with Gasteiger partial charge in [0.15, 0.2) is 5.69 Å². The van der Waals surface area contributed by atoms with Crippen LogP contribution in [0.1, 0.15) is 59.9 Å². The predicted octanol–water partition coefficient (Wildman–Crippen LogP) is 1.77. The summed E-state index contributed by atoms with van der Waals surface area (Å²) in [7, 11) is 1.37. The zero-order valence-corrected chi connectivity index (χ0v) is 10.7. The largest absolute Gasteiger partial charge is 0.464 e. The molecule has 1 fully saturated rings. The molecule has 18 heavy (non-hydrogen) atoms. The van der Waals surface area contributed by atoms with Crippen molar-refractivity contribution in [3.05, 3.63) is 23.3 Å². The van der Waals surface area contributed by atoms with Crippen molar-refractivity contribution in [3.63, 3.8) is 0 Å². The number of carbonyl (C=O) groups is 1. The summed E-state index contributed by atoms with van der Waals surface area (Å²) in [6.45, 7) is 0.341. The van der Waals surface area contributed by atoms with Crippen molar-refractivity contribution in [1.82, 2.24) is 9.97 Å². The molecule has 2 N–H and O–H groups in total. The van der Waals surface area contributed by atoms with Crippen LogP contribution in [0.2, 0.25) is 0 Å². The second kappa shape index (κ2) is 5.91. The van der Waals surface area contributed by atoms with Crippen molar-refractivity contribution in [2.75, 3.05) is 7.11 Å². The van der Waals surface area contributed by atoms with E-state index in [2.05, 4.69) is 9.97 Å². The van der Waals surface area contributed by atoms with Crippen molar-refractivity contribution in [1.29, 1.82) is 0 Å². The first-order valence-electron chi connectivity index (χ1n) is 6.40. The Hall–Kier alpha value is -1.49. The number of nitrogens with zero attached hydrogens (tertiary/aromatic N) is 2. The average molecular weight is 249 g/mol. The number of ether oxygens (including phenoxy) is 1. The molecule has 2 rings (SSSR count). The smallest absolute Gasteiger partial charge is 0.358 e. The molecule has 0 amide bonds. The van der Waals surface area contributed by atoms with Gasteiger partial charge in [-0.2, -0.15) is 0 Å². The number of nitrogens with two attached hydrogens (primary N) is 1. The van der Waals surface area contributed by atoms with E-state index in [-0.39, 0.29) is 0 Å². The molecule has 1 aliphatic rings. The molecule has 5 heteroatoms. The molecular weight excluding hydrogens is 230 g/mol. The molecule has 1 heterocycles. The molecule has 0 bridgehead atoms. The first kappa shape index (κ1) is 13.0. The van der Waals surface area contributed by atoms with Crippen LogP contribution in [0.3, 0.4) is 0 Å². The van der Waals surface area contributed by atoms with Gasteiger partial charge in [0, 0.05) is 12.5 Å². The maximum Gasteiger partial charge on any atom is 0.358 e. The van der Waals surface area contributed by atoms with Crippen LogP contribution in [-0.4, -0.2) is 23.0 Å². The van der Waals surface area contributed by atoms with E-state index in [0.29, 0.717) is 18.2 Å². The van der Waals surface area contributed by atoms with Gasteiger partial charge in [-0.3, -0.25) is 4.98 Å². The maximum atomic E-state index is 11.7. The zero-order chi connectivity index (χ0) is 13.0. The second-order valence-corrected chi connectivity index (χ2v) is 4.63. The first-order valence-corrected chi connectivity index (χ1v) is 6.40. The molecule has 0 radical (unpaired) electrons. The van der Waals surface area contributed by atoms with Crippen LogP contribution in [0, 0.1) is 0 Å². The normalized spacial score (nSPS) is 16.6. The Morgan fingerprint density at radius 1 is 1.44 bits per heavy atom. The average Bonchev–Trinajstić information content (AvgIpc) is 2.46. The third-order valence-corrected chi connectivity index (χ3v) is 3.43. The highest BCUT2D eigenvalue weighted by Gasteiger charge is 2.24. The predicted molar refractivity (Wildman–Crippen MR) is 67.1 cm³/mol. The highest BCUT2D eigenvalue weighted by Crippen LogP contribution is 2.33. The Morgan fingerprint density at radius 2 is 2.17 bits per heavy atom. The quantitative estimate of drug-likeness (QED) is 0.826. The van der Waals surface area contributed by atoms with Crippen molar-refractivity contribution in [2.45, 2.75) is 44.6 Å². The Morgan fingerprint density at radius 3 is 2.78 bits per heavy atom. The first-order chi connectivity index (χ1) is 8.76. The van der Waals surface area contributed by atoms with Gasteiger partial charge in [0.05, 0.1) is 24.7 Å². The Kier molecular flexibility index (Phi) is 4.25. The standard InChI is InChI=1S/C13H19N3O2/c1-18-13(17)12-11(9-5-3-2-4-6-9)16-10(7-14)8-15-12/h8-9H,2-7,14H2,1H3. The fourth-order valence-electron chi connectivity index (χ4n) is 2.45. The summed E-state index contributed by atoms with van der Waals surface area (Å²) in [4.78, 5) is 20.4. The lowest BCUT2D eigenvalue weighted by molar-refractivity contribution is 0.0590. The third-order valence-electron chi connectivity index (χ3n) is 3.43. The number of hydrogen-bond donors (Lipinski definition) is 1. The molecule has 0 aromatic carbocycles. The van der Waals surface area contributed by atoms with Crippen molar-refractivity contribution < 1.29 is 9.53 Å². The number of methoxy groups -OCH3 is 1. The molecule has 1 aromatic rings. The van der Waals surface area contributed by atoms with Gasteiger partial charge in [0.25, 0.3) is 0 Å². The molecular formula is C13H19N3O2. The van der Waals surface area contributed by atoms with Gasteiger partial charge in [-0.15, -0.1) is 0 Å².